The first-order valence-electron chi connectivity index (χ1n) is 28.2. The van der Waals surface area contributed by atoms with Gasteiger partial charge >= 0.3 is 0 Å². The van der Waals surface area contributed by atoms with E-state index in [0.29, 0.717) is 5.92 Å². The number of aromatic nitrogens is 2. The van der Waals surface area contributed by atoms with Gasteiger partial charge in [-0.3, -0.25) is 0 Å². The Labute approximate surface area is 469 Å². The lowest BCUT2D eigenvalue weighted by atomic mass is 9.84. The van der Waals surface area contributed by atoms with Crippen LogP contribution in [0.1, 0.15) is 70.2 Å². The molecule has 1 aliphatic carbocycles. The summed E-state index contributed by atoms with van der Waals surface area (Å²) in [6.45, 7) is 28.6. The largest absolute Gasteiger partial charge is 0.310 e. The monoisotopic (exact) mass is 1020 g/mol. The van der Waals surface area contributed by atoms with Gasteiger partial charge < -0.3 is 9.13 Å². The van der Waals surface area contributed by atoms with Gasteiger partial charge in [-0.15, -0.1) is 0 Å². The van der Waals surface area contributed by atoms with Gasteiger partial charge in [-0.2, -0.15) is 0 Å². The summed E-state index contributed by atoms with van der Waals surface area (Å²) in [4.78, 5) is 0. The van der Waals surface area contributed by atoms with Crippen molar-refractivity contribution < 1.29 is 0 Å². The summed E-state index contributed by atoms with van der Waals surface area (Å²) in [5.74, 6) is 0.328. The van der Waals surface area contributed by atoms with E-state index in [1.54, 1.807) is 0 Å². The summed E-state index contributed by atoms with van der Waals surface area (Å²) >= 11 is 0. The van der Waals surface area contributed by atoms with E-state index in [9.17, 15) is 0 Å². The highest BCUT2D eigenvalue weighted by atomic mass is 15.0. The molecule has 1 aliphatic rings. The Morgan fingerprint density at radius 3 is 1.84 bits per heavy atom. The van der Waals surface area contributed by atoms with Crippen LogP contribution in [0, 0.1) is 12.8 Å². The predicted octanol–water partition coefficient (Wildman–Crippen LogP) is 21.6. The maximum atomic E-state index is 4.88. The average Bonchev–Trinajstić information content (AvgIpc) is 4.37. The van der Waals surface area contributed by atoms with Crippen LogP contribution in [0.25, 0.3) is 93.9 Å². The average molecular weight is 1030 g/mol. The molecule has 2 heterocycles. The Morgan fingerprint density at radius 1 is 0.595 bits per heavy atom. The second-order valence-corrected chi connectivity index (χ2v) is 20.6. The molecular formula is C77H72N2. The summed E-state index contributed by atoms with van der Waals surface area (Å²) in [6, 6.07) is 64.7. The second-order valence-electron chi connectivity index (χ2n) is 20.6. The smallest absolute Gasteiger partial charge is 0.0541 e. The van der Waals surface area contributed by atoms with Crippen molar-refractivity contribution in [3.8, 4) is 39.1 Å². The molecule has 8 aromatic carbocycles. The fourth-order valence-corrected chi connectivity index (χ4v) is 11.8. The van der Waals surface area contributed by atoms with Crippen molar-refractivity contribution in [3.05, 3.63) is 295 Å². The zero-order valence-corrected chi connectivity index (χ0v) is 47.2. The maximum absolute atomic E-state index is 4.88. The molecule has 0 spiro atoms. The minimum absolute atomic E-state index is 0.328. The van der Waals surface area contributed by atoms with Gasteiger partial charge in [0.05, 0.1) is 22.1 Å². The summed E-state index contributed by atoms with van der Waals surface area (Å²) < 4.78 is 4.70. The van der Waals surface area contributed by atoms with Crippen LogP contribution in [-0.4, -0.2) is 9.13 Å². The molecule has 11 rings (SSSR count). The van der Waals surface area contributed by atoms with Gasteiger partial charge in [0.15, 0.2) is 0 Å². The Hall–Kier alpha value is -8.98. The lowest BCUT2D eigenvalue weighted by molar-refractivity contribution is 0.725. The summed E-state index contributed by atoms with van der Waals surface area (Å²) in [6.07, 6.45) is 22.0. The number of allylic oxidation sites excluding steroid dienone is 15. The van der Waals surface area contributed by atoms with E-state index >= 15 is 0 Å². The zero-order valence-electron chi connectivity index (χ0n) is 47.2. The molecule has 0 radical (unpaired) electrons. The van der Waals surface area contributed by atoms with E-state index in [0.717, 1.165) is 52.8 Å². The highest BCUT2D eigenvalue weighted by Crippen LogP contribution is 2.43. The molecule has 79 heavy (non-hydrogen) atoms. The summed E-state index contributed by atoms with van der Waals surface area (Å²) in [5.41, 5.74) is 25.2. The van der Waals surface area contributed by atoms with Gasteiger partial charge in [-0.1, -0.05) is 211 Å². The number of hydrogen-bond donors (Lipinski definition) is 0. The first-order chi connectivity index (χ1) is 38.6. The number of fused-ring (bicyclic) bond motifs is 6. The highest BCUT2D eigenvalue weighted by Gasteiger charge is 2.22. The van der Waals surface area contributed by atoms with Gasteiger partial charge in [0.1, 0.15) is 0 Å². The van der Waals surface area contributed by atoms with E-state index in [1.165, 1.54) is 105 Å². The van der Waals surface area contributed by atoms with Gasteiger partial charge in [0, 0.05) is 32.9 Å². The molecule has 0 aliphatic heterocycles. The van der Waals surface area contributed by atoms with Crippen molar-refractivity contribution in [2.45, 2.75) is 67.7 Å². The Kier molecular flexibility index (Phi) is 16.0. The van der Waals surface area contributed by atoms with Crippen molar-refractivity contribution in [3.63, 3.8) is 0 Å². The molecule has 2 aromatic heterocycles. The Balaban J connectivity index is 0.00000348. The van der Waals surface area contributed by atoms with E-state index in [-0.39, 0.29) is 0 Å². The fourth-order valence-electron chi connectivity index (χ4n) is 11.8. The first kappa shape index (κ1) is 53.4. The van der Waals surface area contributed by atoms with Crippen LogP contribution < -0.4 is 0 Å². The third-order valence-electron chi connectivity index (χ3n) is 15.8. The van der Waals surface area contributed by atoms with Crippen LogP contribution in [0.15, 0.2) is 273 Å². The molecule has 1 atom stereocenters. The predicted molar refractivity (Wildman–Crippen MR) is 346 cm³/mol. The van der Waals surface area contributed by atoms with Crippen LogP contribution >= 0.6 is 0 Å². The number of aryl methyl sites for hydroxylation is 1. The normalized spacial score (nSPS) is 14.3. The summed E-state index contributed by atoms with van der Waals surface area (Å²) in [7, 11) is 0. The molecule has 0 saturated carbocycles. The number of para-hydroxylation sites is 4. The fraction of sp³-hybridized carbons (Fsp3) is 0.143. The molecule has 390 valence electrons. The van der Waals surface area contributed by atoms with E-state index in [2.05, 4.69) is 275 Å². The van der Waals surface area contributed by atoms with E-state index in [1.807, 2.05) is 26.0 Å². The van der Waals surface area contributed by atoms with Crippen LogP contribution in [0.4, 0.5) is 0 Å². The van der Waals surface area contributed by atoms with Crippen LogP contribution in [-0.2, 0) is 12.8 Å². The molecule has 0 fully saturated rings. The minimum Gasteiger partial charge on any atom is -0.310 e. The van der Waals surface area contributed by atoms with Gasteiger partial charge in [-0.25, -0.2) is 0 Å². The molecule has 0 bridgehead atoms. The third-order valence-corrected chi connectivity index (χ3v) is 15.8. The Morgan fingerprint density at radius 2 is 1.19 bits per heavy atom. The van der Waals surface area contributed by atoms with Crippen molar-refractivity contribution in [2.24, 2.45) is 5.92 Å². The SMILES string of the molecule is C=C/C=C\C=C/C(C)Cc1ccccc1-c1cc(C(=C)/C=C2C(C)=C(/C=C\C(=C)n3c4ccccc4c4ccccc43)CC/2=C/C)cc(-c2ccc(CC)c(-c3cccc(-n4c5ccccc5c5ccccc54)c3)c2)c1C.CC. The lowest BCUT2D eigenvalue weighted by Gasteiger charge is -2.20. The van der Waals surface area contributed by atoms with Crippen LogP contribution in [0.5, 0.6) is 0 Å². The quantitative estimate of drug-likeness (QED) is 0.0906. The van der Waals surface area contributed by atoms with Crippen molar-refractivity contribution in [2.75, 3.05) is 0 Å². The molecule has 2 heteroatoms. The minimum atomic E-state index is 0.328. The highest BCUT2D eigenvalue weighted by molar-refractivity contribution is 6.11. The second kappa shape index (κ2) is 23.7. The topological polar surface area (TPSA) is 9.86 Å². The molecular weight excluding hydrogens is 953 g/mol. The molecule has 1 unspecified atom stereocenters. The maximum Gasteiger partial charge on any atom is 0.0541 e. The molecule has 0 amide bonds. The number of hydrogen-bond acceptors (Lipinski definition) is 0. The molecule has 10 aromatic rings. The lowest BCUT2D eigenvalue weighted by Crippen LogP contribution is -2.01. The molecule has 0 N–H and O–H groups in total. The standard InChI is InChI=1S/C75H66N2.C2H6/c1-9-12-13-14-26-50(4)43-58-27-15-16-30-63(58)70-49-61(51(5)44-68-53(7)57(45-56(68)11-3)40-39-52(6)76-72-35-21-17-31-64(72)65-32-18-22-36-73(65)76)48-69(54(70)8)60-42-41-55(10-2)71(47-60)59-28-25-29-62(46-59)77-74-37-23-19-33-66(74)67-34-20-24-38-75(67)77;1-2/h9,11-42,44,46-50H,1,5-6,10,43,45H2,2-4,7-8H3;1-2H3/b13-12-,26-14-,40-39-,56-11-,68-44-;. The van der Waals surface area contributed by atoms with Gasteiger partial charge in [0.2, 0.25) is 0 Å². The van der Waals surface area contributed by atoms with Crippen LogP contribution in [0.3, 0.4) is 0 Å². The number of benzene rings is 8. The van der Waals surface area contributed by atoms with Gasteiger partial charge in [0.25, 0.3) is 0 Å². The Bertz CT molecular complexity index is 4070. The van der Waals surface area contributed by atoms with Crippen LogP contribution in [0.2, 0.25) is 0 Å². The van der Waals surface area contributed by atoms with Crippen molar-refractivity contribution in [1.29, 1.82) is 0 Å². The molecule has 2 nitrogen and oxygen atoms in total. The van der Waals surface area contributed by atoms with E-state index in [4.69, 9.17) is 6.58 Å². The zero-order chi connectivity index (χ0) is 55.2. The summed E-state index contributed by atoms with van der Waals surface area (Å²) in [5, 5.41) is 4.99. The van der Waals surface area contributed by atoms with Crippen molar-refractivity contribution in [1.82, 2.24) is 9.13 Å². The first-order valence-corrected chi connectivity index (χ1v) is 28.2. The molecule has 0 saturated heterocycles. The number of nitrogens with zero attached hydrogens (tertiary/aromatic N) is 2. The van der Waals surface area contributed by atoms with Crippen molar-refractivity contribution >= 4 is 54.9 Å². The van der Waals surface area contributed by atoms with Gasteiger partial charge in [-0.05, 0) is 196 Å². The number of rotatable bonds is 15. The third kappa shape index (κ3) is 10.5. The van der Waals surface area contributed by atoms with E-state index < -0.39 is 0 Å².